The standard InChI is InChI=1S/C17H16O2/c1-10(2)12-5-4-6-14-16(18)13-8-7-11(3)9-15(13)19-17(12)14/h4-10H,1-3H3. The first-order valence-corrected chi connectivity index (χ1v) is 6.54. The molecule has 0 aliphatic heterocycles. The van der Waals surface area contributed by atoms with Gasteiger partial charge in [0.05, 0.1) is 10.8 Å². The van der Waals surface area contributed by atoms with Gasteiger partial charge >= 0.3 is 0 Å². The Morgan fingerprint density at radius 1 is 1.05 bits per heavy atom. The van der Waals surface area contributed by atoms with Gasteiger partial charge in [-0.3, -0.25) is 4.79 Å². The monoisotopic (exact) mass is 252 g/mol. The van der Waals surface area contributed by atoms with E-state index in [1.807, 2.05) is 43.3 Å². The van der Waals surface area contributed by atoms with Gasteiger partial charge in [0.15, 0.2) is 0 Å². The molecule has 0 amide bonds. The lowest BCUT2D eigenvalue weighted by Gasteiger charge is -2.09. The van der Waals surface area contributed by atoms with Crippen LogP contribution in [0.25, 0.3) is 21.9 Å². The van der Waals surface area contributed by atoms with Crippen LogP contribution in [0, 0.1) is 6.92 Å². The molecule has 0 fully saturated rings. The minimum absolute atomic E-state index is 0.0544. The number of hydrogen-bond donors (Lipinski definition) is 0. The summed E-state index contributed by atoms with van der Waals surface area (Å²) >= 11 is 0. The number of para-hydroxylation sites is 1. The zero-order valence-electron chi connectivity index (χ0n) is 11.4. The quantitative estimate of drug-likeness (QED) is 0.602. The predicted octanol–water partition coefficient (Wildman–Crippen LogP) is 4.38. The predicted molar refractivity (Wildman–Crippen MR) is 78.8 cm³/mol. The van der Waals surface area contributed by atoms with E-state index in [2.05, 4.69) is 13.8 Å². The summed E-state index contributed by atoms with van der Waals surface area (Å²) in [5, 5.41) is 1.32. The van der Waals surface area contributed by atoms with Crippen molar-refractivity contribution >= 4 is 21.9 Å². The maximum absolute atomic E-state index is 12.5. The van der Waals surface area contributed by atoms with Gasteiger partial charge < -0.3 is 4.42 Å². The SMILES string of the molecule is Cc1ccc2c(=O)c3cccc(C(C)C)c3oc2c1. The second kappa shape index (κ2) is 4.23. The van der Waals surface area contributed by atoms with Crippen LogP contribution in [-0.4, -0.2) is 0 Å². The van der Waals surface area contributed by atoms with E-state index in [0.29, 0.717) is 22.3 Å². The Labute approximate surface area is 111 Å². The molecule has 1 aromatic heterocycles. The van der Waals surface area contributed by atoms with Crippen molar-refractivity contribution in [2.45, 2.75) is 26.7 Å². The molecule has 2 nitrogen and oxygen atoms in total. The molecule has 1 heterocycles. The molecule has 3 aromatic rings. The fraction of sp³-hybridized carbons (Fsp3) is 0.235. The third-order valence-electron chi connectivity index (χ3n) is 3.51. The maximum atomic E-state index is 12.5. The van der Waals surface area contributed by atoms with Crippen LogP contribution in [-0.2, 0) is 0 Å². The van der Waals surface area contributed by atoms with Crippen LogP contribution >= 0.6 is 0 Å². The molecule has 19 heavy (non-hydrogen) atoms. The van der Waals surface area contributed by atoms with Crippen LogP contribution in [0.2, 0.25) is 0 Å². The highest BCUT2D eigenvalue weighted by molar-refractivity contribution is 5.91. The lowest BCUT2D eigenvalue weighted by Crippen LogP contribution is -2.04. The Morgan fingerprint density at radius 2 is 1.84 bits per heavy atom. The van der Waals surface area contributed by atoms with Gasteiger partial charge in [0, 0.05) is 0 Å². The molecule has 0 spiro atoms. The molecule has 0 saturated heterocycles. The first kappa shape index (κ1) is 12.0. The van der Waals surface area contributed by atoms with Crippen molar-refractivity contribution in [1.82, 2.24) is 0 Å². The van der Waals surface area contributed by atoms with Crippen LogP contribution in [0.4, 0.5) is 0 Å². The Bertz CT molecular complexity index is 826. The highest BCUT2D eigenvalue weighted by Gasteiger charge is 2.12. The van der Waals surface area contributed by atoms with Crippen molar-refractivity contribution in [1.29, 1.82) is 0 Å². The van der Waals surface area contributed by atoms with Crippen molar-refractivity contribution in [3.8, 4) is 0 Å². The summed E-state index contributed by atoms with van der Waals surface area (Å²) in [7, 11) is 0. The Hall–Kier alpha value is -2.09. The second-order valence-corrected chi connectivity index (χ2v) is 5.31. The van der Waals surface area contributed by atoms with E-state index < -0.39 is 0 Å². The van der Waals surface area contributed by atoms with Crippen molar-refractivity contribution in [2.75, 3.05) is 0 Å². The maximum Gasteiger partial charge on any atom is 0.200 e. The van der Waals surface area contributed by atoms with E-state index in [4.69, 9.17) is 4.42 Å². The number of hydrogen-bond acceptors (Lipinski definition) is 2. The van der Waals surface area contributed by atoms with Gasteiger partial charge in [0.25, 0.3) is 0 Å². The van der Waals surface area contributed by atoms with Crippen LogP contribution in [0.3, 0.4) is 0 Å². The van der Waals surface area contributed by atoms with E-state index in [0.717, 1.165) is 16.7 Å². The molecule has 0 radical (unpaired) electrons. The molecule has 3 rings (SSSR count). The summed E-state index contributed by atoms with van der Waals surface area (Å²) < 4.78 is 6.00. The van der Waals surface area contributed by atoms with E-state index in [1.165, 1.54) is 0 Å². The van der Waals surface area contributed by atoms with Crippen LogP contribution < -0.4 is 5.43 Å². The van der Waals surface area contributed by atoms with Crippen molar-refractivity contribution < 1.29 is 4.42 Å². The molecule has 0 unspecified atom stereocenters. The minimum atomic E-state index is 0.0544. The van der Waals surface area contributed by atoms with Gasteiger partial charge in [-0.25, -0.2) is 0 Å². The summed E-state index contributed by atoms with van der Waals surface area (Å²) in [6, 6.07) is 11.5. The molecule has 0 bridgehead atoms. The molecule has 0 aliphatic rings. The van der Waals surface area contributed by atoms with Crippen LogP contribution in [0.1, 0.15) is 30.9 Å². The number of rotatable bonds is 1. The van der Waals surface area contributed by atoms with Gasteiger partial charge in [-0.2, -0.15) is 0 Å². The third-order valence-corrected chi connectivity index (χ3v) is 3.51. The van der Waals surface area contributed by atoms with E-state index in [9.17, 15) is 4.79 Å². The van der Waals surface area contributed by atoms with Crippen LogP contribution in [0.15, 0.2) is 45.6 Å². The van der Waals surface area contributed by atoms with Gasteiger partial charge in [0.1, 0.15) is 11.2 Å². The second-order valence-electron chi connectivity index (χ2n) is 5.31. The molecule has 0 aliphatic carbocycles. The van der Waals surface area contributed by atoms with E-state index in [1.54, 1.807) is 0 Å². The molecule has 0 N–H and O–H groups in total. The molecule has 0 saturated carbocycles. The molecule has 0 atom stereocenters. The Morgan fingerprint density at radius 3 is 2.58 bits per heavy atom. The summed E-state index contributed by atoms with van der Waals surface area (Å²) in [5.74, 6) is 0.328. The van der Waals surface area contributed by atoms with Crippen molar-refractivity contribution in [2.24, 2.45) is 0 Å². The number of aryl methyl sites for hydroxylation is 1. The summed E-state index contributed by atoms with van der Waals surface area (Å²) in [4.78, 5) is 12.5. The van der Waals surface area contributed by atoms with Gasteiger partial charge in [-0.15, -0.1) is 0 Å². The molecular formula is C17H16O2. The largest absolute Gasteiger partial charge is 0.456 e. The van der Waals surface area contributed by atoms with Gasteiger partial charge in [-0.1, -0.05) is 32.0 Å². The summed E-state index contributed by atoms with van der Waals surface area (Å²) in [6.45, 7) is 6.21. The zero-order valence-corrected chi connectivity index (χ0v) is 11.4. The Balaban J connectivity index is 2.54. The normalized spacial score (nSPS) is 11.6. The molecule has 2 aromatic carbocycles. The fourth-order valence-corrected chi connectivity index (χ4v) is 2.46. The minimum Gasteiger partial charge on any atom is -0.456 e. The lowest BCUT2D eigenvalue weighted by atomic mass is 9.99. The van der Waals surface area contributed by atoms with E-state index >= 15 is 0 Å². The third kappa shape index (κ3) is 1.84. The fourth-order valence-electron chi connectivity index (χ4n) is 2.46. The van der Waals surface area contributed by atoms with Gasteiger partial charge in [0.2, 0.25) is 5.43 Å². The summed E-state index contributed by atoms with van der Waals surface area (Å²) in [6.07, 6.45) is 0. The lowest BCUT2D eigenvalue weighted by molar-refractivity contribution is 0.648. The van der Waals surface area contributed by atoms with Crippen molar-refractivity contribution in [3.05, 3.63) is 57.7 Å². The average Bonchev–Trinajstić information content (AvgIpc) is 2.37. The molecular weight excluding hydrogens is 236 g/mol. The zero-order chi connectivity index (χ0) is 13.6. The highest BCUT2D eigenvalue weighted by Crippen LogP contribution is 2.26. The van der Waals surface area contributed by atoms with Crippen molar-refractivity contribution in [3.63, 3.8) is 0 Å². The van der Waals surface area contributed by atoms with Gasteiger partial charge in [-0.05, 0) is 42.2 Å². The van der Waals surface area contributed by atoms with E-state index in [-0.39, 0.29) is 5.43 Å². The highest BCUT2D eigenvalue weighted by atomic mass is 16.3. The number of fused-ring (bicyclic) bond motifs is 2. The van der Waals surface area contributed by atoms with Crippen LogP contribution in [0.5, 0.6) is 0 Å². The Kier molecular flexibility index (Phi) is 2.67. The molecule has 96 valence electrons. The smallest absolute Gasteiger partial charge is 0.200 e. The first-order valence-electron chi connectivity index (χ1n) is 6.54. The topological polar surface area (TPSA) is 30.2 Å². The number of benzene rings is 2. The average molecular weight is 252 g/mol. The summed E-state index contributed by atoms with van der Waals surface area (Å²) in [5.41, 5.74) is 3.62. The first-order chi connectivity index (χ1) is 9.08. The molecule has 2 heteroatoms.